The van der Waals surface area contributed by atoms with Gasteiger partial charge in [-0.25, -0.2) is 4.98 Å². The van der Waals surface area contributed by atoms with Crippen molar-refractivity contribution in [2.24, 2.45) is 10.9 Å². The smallest absolute Gasteiger partial charge is 0.137 e. The number of fused-ring (bicyclic) bond motifs is 1. The van der Waals surface area contributed by atoms with Crippen molar-refractivity contribution in [1.29, 1.82) is 0 Å². The van der Waals surface area contributed by atoms with E-state index in [9.17, 15) is 0 Å². The predicted molar refractivity (Wildman–Crippen MR) is 83.7 cm³/mol. The predicted octanol–water partition coefficient (Wildman–Crippen LogP) is 3.76. The molecule has 0 aliphatic heterocycles. The number of aliphatic hydroxyl groups is 1. The Morgan fingerprint density at radius 3 is 2.80 bits per heavy atom. The van der Waals surface area contributed by atoms with Crippen molar-refractivity contribution in [3.8, 4) is 0 Å². The summed E-state index contributed by atoms with van der Waals surface area (Å²) < 4.78 is 0. The van der Waals surface area contributed by atoms with E-state index in [1.165, 1.54) is 12.0 Å². The fourth-order valence-electron chi connectivity index (χ4n) is 2.58. The average molecular weight is 273 g/mol. The van der Waals surface area contributed by atoms with E-state index in [4.69, 9.17) is 5.11 Å². The molecule has 1 aliphatic rings. The highest BCUT2D eigenvalue weighted by molar-refractivity contribution is 5.84. The number of nitrogens with zero attached hydrogens (tertiary/aromatic N) is 2. The van der Waals surface area contributed by atoms with Crippen LogP contribution in [-0.4, -0.2) is 27.4 Å². The van der Waals surface area contributed by atoms with Crippen LogP contribution < -0.4 is 0 Å². The topological polar surface area (TPSA) is 61.3 Å². The minimum Gasteiger partial charge on any atom is -0.393 e. The Morgan fingerprint density at radius 1 is 1.45 bits per heavy atom. The van der Waals surface area contributed by atoms with Gasteiger partial charge in [0.05, 0.1) is 18.0 Å². The molecule has 4 heteroatoms. The van der Waals surface area contributed by atoms with Crippen molar-refractivity contribution in [3.63, 3.8) is 0 Å². The standard InChI is InChI=1S/C10H11N3.C6H12O/c1-3-11-9-6-13-10-8(7(9)2)4-5-12-10;1-5-2-3-6(7)4-5/h3-6H,1-2H3,(H,12,13);5-7H,2-4H2,1H3. The summed E-state index contributed by atoms with van der Waals surface area (Å²) in [6.07, 6.45) is 8.76. The summed E-state index contributed by atoms with van der Waals surface area (Å²) in [6, 6.07) is 2.02. The molecule has 2 aromatic heterocycles. The first-order valence-electron chi connectivity index (χ1n) is 7.21. The first-order valence-corrected chi connectivity index (χ1v) is 7.21. The largest absolute Gasteiger partial charge is 0.393 e. The van der Waals surface area contributed by atoms with E-state index in [1.807, 2.05) is 19.2 Å². The number of rotatable bonds is 1. The Bertz CT molecular complexity index is 580. The van der Waals surface area contributed by atoms with Gasteiger partial charge < -0.3 is 10.1 Å². The van der Waals surface area contributed by atoms with Crippen LogP contribution in [0, 0.1) is 12.8 Å². The molecular weight excluding hydrogens is 250 g/mol. The molecule has 4 nitrogen and oxygen atoms in total. The second-order valence-electron chi connectivity index (χ2n) is 5.47. The zero-order valence-corrected chi connectivity index (χ0v) is 12.4. The Hall–Kier alpha value is -1.68. The van der Waals surface area contributed by atoms with Gasteiger partial charge in [-0.1, -0.05) is 6.92 Å². The van der Waals surface area contributed by atoms with Gasteiger partial charge in [-0.2, -0.15) is 0 Å². The van der Waals surface area contributed by atoms with Crippen LogP contribution in [0.3, 0.4) is 0 Å². The first-order chi connectivity index (χ1) is 9.61. The number of nitrogens with one attached hydrogen (secondary N) is 1. The lowest BCUT2D eigenvalue weighted by molar-refractivity contribution is 0.179. The average Bonchev–Trinajstić information content (AvgIpc) is 3.03. The molecule has 0 spiro atoms. The molecule has 0 amide bonds. The van der Waals surface area contributed by atoms with Crippen molar-refractivity contribution < 1.29 is 5.11 Å². The number of aryl methyl sites for hydroxylation is 1. The minimum absolute atomic E-state index is 0.0231. The van der Waals surface area contributed by atoms with Gasteiger partial charge in [0.1, 0.15) is 5.65 Å². The Balaban J connectivity index is 0.000000178. The molecule has 1 saturated carbocycles. The molecule has 2 atom stereocenters. The highest BCUT2D eigenvalue weighted by Gasteiger charge is 2.17. The van der Waals surface area contributed by atoms with Gasteiger partial charge in [-0.05, 0) is 50.7 Å². The molecule has 2 N–H and O–H groups in total. The molecule has 2 unspecified atom stereocenters. The molecule has 0 bridgehead atoms. The van der Waals surface area contributed by atoms with E-state index in [0.29, 0.717) is 0 Å². The van der Waals surface area contributed by atoms with E-state index in [2.05, 4.69) is 28.8 Å². The molecular formula is C16H23N3O. The van der Waals surface area contributed by atoms with Gasteiger partial charge in [0, 0.05) is 17.8 Å². The summed E-state index contributed by atoms with van der Waals surface area (Å²) in [6.45, 7) is 6.15. The van der Waals surface area contributed by atoms with E-state index < -0.39 is 0 Å². The summed E-state index contributed by atoms with van der Waals surface area (Å²) in [5.74, 6) is 0.773. The number of H-pyrrole nitrogens is 1. The monoisotopic (exact) mass is 273 g/mol. The lowest BCUT2D eigenvalue weighted by Gasteiger charge is -1.99. The maximum absolute atomic E-state index is 8.90. The second kappa shape index (κ2) is 6.66. The number of aromatic amines is 1. The summed E-state index contributed by atoms with van der Waals surface area (Å²) in [5.41, 5.74) is 3.03. The van der Waals surface area contributed by atoms with Crippen molar-refractivity contribution in [1.82, 2.24) is 9.97 Å². The van der Waals surface area contributed by atoms with Gasteiger partial charge in [0.2, 0.25) is 0 Å². The Morgan fingerprint density at radius 2 is 2.25 bits per heavy atom. The fourth-order valence-corrected chi connectivity index (χ4v) is 2.58. The number of aliphatic imine (C=N–C) groups is 1. The quantitative estimate of drug-likeness (QED) is 0.777. The van der Waals surface area contributed by atoms with Gasteiger partial charge in [0.15, 0.2) is 0 Å². The van der Waals surface area contributed by atoms with Crippen LogP contribution in [0.4, 0.5) is 5.69 Å². The van der Waals surface area contributed by atoms with E-state index in [0.717, 1.165) is 35.5 Å². The molecule has 3 rings (SSSR count). The lowest BCUT2D eigenvalue weighted by atomic mass is 10.1. The summed E-state index contributed by atoms with van der Waals surface area (Å²) in [4.78, 5) is 11.6. The molecule has 1 fully saturated rings. The molecule has 2 heterocycles. The summed E-state index contributed by atoms with van der Waals surface area (Å²) in [7, 11) is 0. The highest BCUT2D eigenvalue weighted by atomic mass is 16.3. The Labute approximate surface area is 120 Å². The molecule has 108 valence electrons. The SMILES string of the molecule is CC1CCC(O)C1.CC=Nc1cnc2[nH]ccc2c1C. The Kier molecular flexibility index (Phi) is 4.90. The molecule has 0 radical (unpaired) electrons. The van der Waals surface area contributed by atoms with Crippen molar-refractivity contribution in [2.75, 3.05) is 0 Å². The number of aliphatic hydroxyl groups excluding tert-OH is 1. The lowest BCUT2D eigenvalue weighted by Crippen LogP contribution is -1.97. The molecule has 20 heavy (non-hydrogen) atoms. The van der Waals surface area contributed by atoms with Crippen molar-refractivity contribution in [3.05, 3.63) is 24.0 Å². The number of hydrogen-bond acceptors (Lipinski definition) is 3. The van der Waals surface area contributed by atoms with Crippen LogP contribution in [0.15, 0.2) is 23.5 Å². The van der Waals surface area contributed by atoms with Gasteiger partial charge in [-0.15, -0.1) is 0 Å². The zero-order chi connectivity index (χ0) is 14.5. The van der Waals surface area contributed by atoms with Crippen LogP contribution >= 0.6 is 0 Å². The van der Waals surface area contributed by atoms with Crippen LogP contribution in [0.25, 0.3) is 11.0 Å². The molecule has 1 aliphatic carbocycles. The third-order valence-corrected chi connectivity index (χ3v) is 3.76. The normalized spacial score (nSPS) is 22.2. The minimum atomic E-state index is 0.0231. The molecule has 0 aromatic carbocycles. The highest BCUT2D eigenvalue weighted by Crippen LogP contribution is 2.24. The van der Waals surface area contributed by atoms with Crippen molar-refractivity contribution in [2.45, 2.75) is 46.1 Å². The number of aromatic nitrogens is 2. The molecule has 0 saturated heterocycles. The van der Waals surface area contributed by atoms with Gasteiger partial charge in [0.25, 0.3) is 0 Å². The first kappa shape index (κ1) is 14.7. The van der Waals surface area contributed by atoms with Crippen LogP contribution in [0.2, 0.25) is 0 Å². The van der Waals surface area contributed by atoms with Gasteiger partial charge >= 0.3 is 0 Å². The van der Waals surface area contributed by atoms with Crippen LogP contribution in [0.1, 0.15) is 38.7 Å². The number of hydrogen-bond donors (Lipinski definition) is 2. The molecule has 2 aromatic rings. The third kappa shape index (κ3) is 3.45. The maximum Gasteiger partial charge on any atom is 0.137 e. The maximum atomic E-state index is 8.90. The fraction of sp³-hybridized carbons (Fsp3) is 0.500. The van der Waals surface area contributed by atoms with Crippen molar-refractivity contribution >= 4 is 22.9 Å². The van der Waals surface area contributed by atoms with E-state index in [1.54, 1.807) is 12.4 Å². The summed E-state index contributed by atoms with van der Waals surface area (Å²) >= 11 is 0. The zero-order valence-electron chi connectivity index (χ0n) is 12.4. The van der Waals surface area contributed by atoms with Crippen LogP contribution in [0.5, 0.6) is 0 Å². The van der Waals surface area contributed by atoms with E-state index in [-0.39, 0.29) is 6.10 Å². The second-order valence-corrected chi connectivity index (χ2v) is 5.47. The third-order valence-electron chi connectivity index (χ3n) is 3.76. The van der Waals surface area contributed by atoms with Gasteiger partial charge in [-0.3, -0.25) is 4.99 Å². The number of pyridine rings is 1. The van der Waals surface area contributed by atoms with Crippen LogP contribution in [-0.2, 0) is 0 Å². The summed E-state index contributed by atoms with van der Waals surface area (Å²) in [5, 5.41) is 10.0. The van der Waals surface area contributed by atoms with E-state index >= 15 is 0 Å².